The van der Waals surface area contributed by atoms with Crippen molar-refractivity contribution in [2.45, 2.75) is 39.2 Å². The summed E-state index contributed by atoms with van der Waals surface area (Å²) in [4.78, 5) is 10.5. The summed E-state index contributed by atoms with van der Waals surface area (Å²) in [6.07, 6.45) is 2.74. The first kappa shape index (κ1) is 10.4. The van der Waals surface area contributed by atoms with Crippen molar-refractivity contribution in [2.24, 2.45) is 5.73 Å². The van der Waals surface area contributed by atoms with Gasteiger partial charge in [-0.3, -0.25) is 4.79 Å². The first-order chi connectivity index (χ1) is 5.20. The van der Waals surface area contributed by atoms with Crippen molar-refractivity contribution in [2.75, 3.05) is 6.54 Å². The number of carbonyl (C=O) groups is 1. The number of esters is 1. The normalized spacial score (nSPS) is 12.6. The zero-order valence-electron chi connectivity index (χ0n) is 7.30. The molecule has 66 valence electrons. The van der Waals surface area contributed by atoms with Gasteiger partial charge in [-0.25, -0.2) is 0 Å². The van der Waals surface area contributed by atoms with Crippen molar-refractivity contribution < 1.29 is 9.53 Å². The molecule has 0 amide bonds. The molecule has 0 spiro atoms. The van der Waals surface area contributed by atoms with Crippen LogP contribution in [0.5, 0.6) is 0 Å². The highest BCUT2D eigenvalue weighted by atomic mass is 16.5. The van der Waals surface area contributed by atoms with Crippen molar-refractivity contribution >= 4 is 5.97 Å². The lowest BCUT2D eigenvalue weighted by atomic mass is 10.1. The summed E-state index contributed by atoms with van der Waals surface area (Å²) in [7, 11) is 0. The Hall–Kier alpha value is -0.570. The molecule has 0 heterocycles. The largest absolute Gasteiger partial charge is 0.463 e. The standard InChI is InChI=1S/C8H17NO2/c1-3-4-8(5-6-9)11-7(2)10/h8H,3-6,9H2,1-2H3. The van der Waals surface area contributed by atoms with Crippen LogP contribution in [0, 0.1) is 0 Å². The maximum atomic E-state index is 10.5. The first-order valence-electron chi connectivity index (χ1n) is 4.08. The highest BCUT2D eigenvalue weighted by molar-refractivity contribution is 5.66. The van der Waals surface area contributed by atoms with Crippen LogP contribution >= 0.6 is 0 Å². The molecule has 0 fully saturated rings. The number of hydrogen-bond acceptors (Lipinski definition) is 3. The molecule has 0 saturated heterocycles. The molecule has 3 heteroatoms. The van der Waals surface area contributed by atoms with E-state index in [0.717, 1.165) is 19.3 Å². The van der Waals surface area contributed by atoms with E-state index in [2.05, 4.69) is 6.92 Å². The van der Waals surface area contributed by atoms with E-state index in [0.29, 0.717) is 6.54 Å². The fourth-order valence-electron chi connectivity index (χ4n) is 1.00. The molecule has 0 aliphatic rings. The predicted molar refractivity (Wildman–Crippen MR) is 44.1 cm³/mol. The van der Waals surface area contributed by atoms with Crippen molar-refractivity contribution in [3.05, 3.63) is 0 Å². The smallest absolute Gasteiger partial charge is 0.302 e. The van der Waals surface area contributed by atoms with Crippen molar-refractivity contribution in [3.8, 4) is 0 Å². The van der Waals surface area contributed by atoms with Gasteiger partial charge in [-0.15, -0.1) is 0 Å². The Morgan fingerprint density at radius 3 is 2.55 bits per heavy atom. The van der Waals surface area contributed by atoms with Gasteiger partial charge in [0.05, 0.1) is 0 Å². The average Bonchev–Trinajstić information content (AvgIpc) is 1.87. The van der Waals surface area contributed by atoms with E-state index in [9.17, 15) is 4.79 Å². The molecule has 0 aromatic carbocycles. The lowest BCUT2D eigenvalue weighted by molar-refractivity contribution is -0.146. The van der Waals surface area contributed by atoms with Crippen molar-refractivity contribution in [1.29, 1.82) is 0 Å². The van der Waals surface area contributed by atoms with Crippen LogP contribution in [0.1, 0.15) is 33.1 Å². The van der Waals surface area contributed by atoms with Crippen LogP contribution in [-0.2, 0) is 9.53 Å². The lowest BCUT2D eigenvalue weighted by Crippen LogP contribution is -2.19. The molecule has 0 rings (SSSR count). The number of carbonyl (C=O) groups excluding carboxylic acids is 1. The monoisotopic (exact) mass is 159 g/mol. The maximum absolute atomic E-state index is 10.5. The minimum atomic E-state index is -0.211. The van der Waals surface area contributed by atoms with E-state index in [1.165, 1.54) is 6.92 Å². The van der Waals surface area contributed by atoms with Crippen molar-refractivity contribution in [1.82, 2.24) is 0 Å². The molecule has 2 N–H and O–H groups in total. The SMILES string of the molecule is CCCC(CCN)OC(C)=O. The third kappa shape index (κ3) is 5.85. The number of rotatable bonds is 5. The molecule has 0 aromatic heterocycles. The summed E-state index contributed by atoms with van der Waals surface area (Å²) in [6, 6.07) is 0. The Bertz CT molecular complexity index is 109. The average molecular weight is 159 g/mol. The fourth-order valence-corrected chi connectivity index (χ4v) is 1.00. The van der Waals surface area contributed by atoms with E-state index in [1.54, 1.807) is 0 Å². The number of hydrogen-bond donors (Lipinski definition) is 1. The topological polar surface area (TPSA) is 52.3 Å². The molecule has 0 aromatic rings. The molecule has 0 aliphatic carbocycles. The zero-order chi connectivity index (χ0) is 8.69. The van der Waals surface area contributed by atoms with Crippen molar-refractivity contribution in [3.63, 3.8) is 0 Å². The molecule has 0 bridgehead atoms. The van der Waals surface area contributed by atoms with E-state index in [4.69, 9.17) is 10.5 Å². The molecular formula is C8H17NO2. The van der Waals surface area contributed by atoms with Gasteiger partial charge < -0.3 is 10.5 Å². The van der Waals surface area contributed by atoms with Crippen LogP contribution in [-0.4, -0.2) is 18.6 Å². The third-order valence-corrected chi connectivity index (χ3v) is 1.43. The molecule has 11 heavy (non-hydrogen) atoms. The molecule has 0 radical (unpaired) electrons. The fraction of sp³-hybridized carbons (Fsp3) is 0.875. The summed E-state index contributed by atoms with van der Waals surface area (Å²) >= 11 is 0. The van der Waals surface area contributed by atoms with Gasteiger partial charge in [0.2, 0.25) is 0 Å². The van der Waals surface area contributed by atoms with Crippen LogP contribution in [0.3, 0.4) is 0 Å². The van der Waals surface area contributed by atoms with Gasteiger partial charge in [-0.2, -0.15) is 0 Å². The van der Waals surface area contributed by atoms with Gasteiger partial charge >= 0.3 is 5.97 Å². The molecule has 0 saturated carbocycles. The van der Waals surface area contributed by atoms with Crippen LogP contribution in [0.15, 0.2) is 0 Å². The third-order valence-electron chi connectivity index (χ3n) is 1.43. The minimum absolute atomic E-state index is 0.0301. The maximum Gasteiger partial charge on any atom is 0.302 e. The zero-order valence-corrected chi connectivity index (χ0v) is 7.30. The van der Waals surface area contributed by atoms with Crippen LogP contribution in [0.25, 0.3) is 0 Å². The molecule has 1 atom stereocenters. The van der Waals surface area contributed by atoms with E-state index >= 15 is 0 Å². The van der Waals surface area contributed by atoms with Gasteiger partial charge in [0.25, 0.3) is 0 Å². The Morgan fingerprint density at radius 2 is 2.18 bits per heavy atom. The molecule has 0 aliphatic heterocycles. The second kappa shape index (κ2) is 6.16. The Kier molecular flexibility index (Phi) is 5.84. The van der Waals surface area contributed by atoms with E-state index in [1.807, 2.05) is 0 Å². The quantitative estimate of drug-likeness (QED) is 0.610. The highest BCUT2D eigenvalue weighted by Gasteiger charge is 2.08. The molecular weight excluding hydrogens is 142 g/mol. The second-order valence-electron chi connectivity index (χ2n) is 2.60. The van der Waals surface area contributed by atoms with Crippen LogP contribution < -0.4 is 5.73 Å². The predicted octanol–water partition coefficient (Wildman–Crippen LogP) is 1.07. The first-order valence-corrected chi connectivity index (χ1v) is 4.08. The number of nitrogens with two attached hydrogens (primary N) is 1. The highest BCUT2D eigenvalue weighted by Crippen LogP contribution is 2.05. The minimum Gasteiger partial charge on any atom is -0.463 e. The summed E-state index contributed by atoms with van der Waals surface area (Å²) in [5.41, 5.74) is 5.34. The molecule has 3 nitrogen and oxygen atoms in total. The summed E-state index contributed by atoms with van der Waals surface area (Å²) < 4.78 is 5.01. The van der Waals surface area contributed by atoms with Gasteiger partial charge in [0.15, 0.2) is 0 Å². The lowest BCUT2D eigenvalue weighted by Gasteiger charge is -2.14. The van der Waals surface area contributed by atoms with E-state index in [-0.39, 0.29) is 12.1 Å². The number of ether oxygens (including phenoxy) is 1. The van der Waals surface area contributed by atoms with Crippen LogP contribution in [0.2, 0.25) is 0 Å². The summed E-state index contributed by atoms with van der Waals surface area (Å²) in [5, 5.41) is 0. The van der Waals surface area contributed by atoms with Gasteiger partial charge in [0, 0.05) is 6.92 Å². The summed E-state index contributed by atoms with van der Waals surface area (Å²) in [6.45, 7) is 4.07. The Labute approximate surface area is 67.9 Å². The Morgan fingerprint density at radius 1 is 1.55 bits per heavy atom. The second-order valence-corrected chi connectivity index (χ2v) is 2.60. The van der Waals surface area contributed by atoms with Gasteiger partial charge in [-0.1, -0.05) is 13.3 Å². The van der Waals surface area contributed by atoms with Crippen LogP contribution in [0.4, 0.5) is 0 Å². The molecule has 1 unspecified atom stereocenters. The van der Waals surface area contributed by atoms with Gasteiger partial charge in [-0.05, 0) is 19.4 Å². The Balaban J connectivity index is 3.59. The van der Waals surface area contributed by atoms with Gasteiger partial charge in [0.1, 0.15) is 6.10 Å². The summed E-state index contributed by atoms with van der Waals surface area (Å²) in [5.74, 6) is -0.211. The van der Waals surface area contributed by atoms with E-state index < -0.39 is 0 Å².